The van der Waals surface area contributed by atoms with Gasteiger partial charge in [0.25, 0.3) is 0 Å². The summed E-state index contributed by atoms with van der Waals surface area (Å²) in [6, 6.07) is 15.6. The number of para-hydroxylation sites is 1. The summed E-state index contributed by atoms with van der Waals surface area (Å²) in [5, 5.41) is 8.89. The zero-order chi connectivity index (χ0) is 13.5. The Morgan fingerprint density at radius 2 is 1.80 bits per heavy atom. The number of nitrogens with two attached hydrogens (primary N) is 1. The first-order valence-electron chi connectivity index (χ1n) is 6.18. The third kappa shape index (κ3) is 1.68. The number of aromatic nitrogens is 3. The summed E-state index contributed by atoms with van der Waals surface area (Å²) in [6.45, 7) is 0. The quantitative estimate of drug-likeness (QED) is 0.570. The number of fused-ring (bicyclic) bond motifs is 2. The molecule has 0 unspecified atom stereocenters. The van der Waals surface area contributed by atoms with E-state index in [1.807, 2.05) is 48.5 Å². The Morgan fingerprint density at radius 1 is 0.900 bits per heavy atom. The van der Waals surface area contributed by atoms with Crippen LogP contribution in [0.3, 0.4) is 0 Å². The smallest absolute Gasteiger partial charge is 0.240 e. The van der Waals surface area contributed by atoms with Gasteiger partial charge in [0.15, 0.2) is 0 Å². The average Bonchev–Trinajstić information content (AvgIpc) is 2.90. The predicted octanol–water partition coefficient (Wildman–Crippen LogP) is 3.02. The molecule has 0 amide bonds. The number of nitrogen functional groups attached to an aromatic ring is 1. The van der Waals surface area contributed by atoms with Crippen LogP contribution in [0.5, 0.6) is 0 Å². The average molecular weight is 262 g/mol. The lowest BCUT2D eigenvalue weighted by atomic mass is 10.1. The Kier molecular flexibility index (Phi) is 2.20. The molecule has 5 heteroatoms. The maximum atomic E-state index is 5.83. The molecular weight excluding hydrogens is 252 g/mol. The van der Waals surface area contributed by atoms with Gasteiger partial charge in [-0.15, -0.1) is 10.2 Å². The summed E-state index contributed by atoms with van der Waals surface area (Å²) in [5.74, 6) is 0.973. The van der Waals surface area contributed by atoms with Gasteiger partial charge in [0.1, 0.15) is 16.9 Å². The van der Waals surface area contributed by atoms with E-state index >= 15 is 0 Å². The fraction of sp³-hybridized carbons (Fsp3) is 0. The zero-order valence-electron chi connectivity index (χ0n) is 10.4. The molecule has 0 aliphatic rings. The lowest BCUT2D eigenvalue weighted by Crippen LogP contribution is -1.97. The largest absolute Gasteiger partial charge is 0.456 e. The third-order valence-corrected chi connectivity index (χ3v) is 3.18. The molecule has 0 saturated heterocycles. The first kappa shape index (κ1) is 10.9. The second-order valence-electron chi connectivity index (χ2n) is 4.52. The van der Waals surface area contributed by atoms with Gasteiger partial charge in [-0.3, -0.25) is 0 Å². The molecule has 20 heavy (non-hydrogen) atoms. The van der Waals surface area contributed by atoms with E-state index in [4.69, 9.17) is 10.2 Å². The standard InChI is InChI=1S/C15H10N4O/c16-15-17-11-6-5-10(7-12(11)18-19-15)14-8-9-3-1-2-4-13(9)20-14/h1-8H,(H2,16,17,19). The van der Waals surface area contributed by atoms with Crippen LogP contribution in [-0.4, -0.2) is 15.2 Å². The molecular formula is C15H10N4O. The van der Waals surface area contributed by atoms with Gasteiger partial charge in [-0.2, -0.15) is 0 Å². The summed E-state index contributed by atoms with van der Waals surface area (Å²) >= 11 is 0. The van der Waals surface area contributed by atoms with Crippen LogP contribution >= 0.6 is 0 Å². The molecule has 0 atom stereocenters. The van der Waals surface area contributed by atoms with Crippen molar-refractivity contribution in [3.63, 3.8) is 0 Å². The fourth-order valence-electron chi connectivity index (χ4n) is 2.23. The van der Waals surface area contributed by atoms with Crippen LogP contribution in [0.25, 0.3) is 33.3 Å². The molecule has 0 spiro atoms. The number of anilines is 1. The maximum Gasteiger partial charge on any atom is 0.240 e. The fourth-order valence-corrected chi connectivity index (χ4v) is 2.23. The van der Waals surface area contributed by atoms with E-state index in [2.05, 4.69) is 15.2 Å². The summed E-state index contributed by atoms with van der Waals surface area (Å²) in [5.41, 5.74) is 8.74. The number of rotatable bonds is 1. The molecule has 0 radical (unpaired) electrons. The molecule has 0 saturated carbocycles. The minimum Gasteiger partial charge on any atom is -0.456 e. The van der Waals surface area contributed by atoms with Gasteiger partial charge in [0, 0.05) is 10.9 Å². The second-order valence-corrected chi connectivity index (χ2v) is 4.52. The Hall–Kier alpha value is -2.95. The lowest BCUT2D eigenvalue weighted by molar-refractivity contribution is 0.631. The molecule has 96 valence electrons. The Morgan fingerprint density at radius 3 is 2.70 bits per heavy atom. The highest BCUT2D eigenvalue weighted by molar-refractivity contribution is 5.85. The molecule has 0 aliphatic heterocycles. The number of hydrogen-bond donors (Lipinski definition) is 1. The van der Waals surface area contributed by atoms with Crippen LogP contribution in [0.15, 0.2) is 52.9 Å². The van der Waals surface area contributed by atoms with E-state index in [9.17, 15) is 0 Å². The first-order chi connectivity index (χ1) is 9.79. The summed E-state index contributed by atoms with van der Waals surface area (Å²) in [6.07, 6.45) is 0. The van der Waals surface area contributed by atoms with Crippen molar-refractivity contribution in [3.05, 3.63) is 48.5 Å². The van der Waals surface area contributed by atoms with Gasteiger partial charge in [0.05, 0.1) is 5.52 Å². The second kappa shape index (κ2) is 4.03. The number of nitrogens with zero attached hydrogens (tertiary/aromatic N) is 3. The highest BCUT2D eigenvalue weighted by Gasteiger charge is 2.07. The molecule has 0 aliphatic carbocycles. The topological polar surface area (TPSA) is 77.8 Å². The summed E-state index contributed by atoms with van der Waals surface area (Å²) in [4.78, 5) is 4.13. The van der Waals surface area contributed by atoms with Crippen molar-refractivity contribution < 1.29 is 4.42 Å². The van der Waals surface area contributed by atoms with Gasteiger partial charge < -0.3 is 10.2 Å². The van der Waals surface area contributed by atoms with Crippen LogP contribution in [0.4, 0.5) is 5.95 Å². The van der Waals surface area contributed by atoms with Crippen LogP contribution in [0, 0.1) is 0 Å². The Labute approximate surface area is 114 Å². The van der Waals surface area contributed by atoms with Gasteiger partial charge >= 0.3 is 0 Å². The number of benzene rings is 2. The van der Waals surface area contributed by atoms with E-state index in [1.54, 1.807) is 0 Å². The highest BCUT2D eigenvalue weighted by atomic mass is 16.3. The van der Waals surface area contributed by atoms with Crippen LogP contribution in [0.2, 0.25) is 0 Å². The van der Waals surface area contributed by atoms with Crippen molar-refractivity contribution in [1.29, 1.82) is 0 Å². The van der Waals surface area contributed by atoms with Crippen molar-refractivity contribution in [2.75, 3.05) is 5.73 Å². The molecule has 0 bridgehead atoms. The number of furan rings is 1. The van der Waals surface area contributed by atoms with E-state index < -0.39 is 0 Å². The number of hydrogen-bond acceptors (Lipinski definition) is 5. The molecule has 4 aromatic rings. The minimum atomic E-state index is 0.175. The van der Waals surface area contributed by atoms with Crippen LogP contribution in [0.1, 0.15) is 0 Å². The molecule has 0 fully saturated rings. The van der Waals surface area contributed by atoms with Crippen LogP contribution in [-0.2, 0) is 0 Å². The molecule has 4 rings (SSSR count). The summed E-state index contributed by atoms with van der Waals surface area (Å²) < 4.78 is 5.83. The predicted molar refractivity (Wildman–Crippen MR) is 77.0 cm³/mol. The van der Waals surface area contributed by atoms with E-state index in [0.717, 1.165) is 27.8 Å². The molecule has 2 N–H and O–H groups in total. The van der Waals surface area contributed by atoms with E-state index in [0.29, 0.717) is 5.52 Å². The molecule has 2 heterocycles. The van der Waals surface area contributed by atoms with Gasteiger partial charge in [0.2, 0.25) is 5.95 Å². The van der Waals surface area contributed by atoms with E-state index in [-0.39, 0.29) is 5.95 Å². The van der Waals surface area contributed by atoms with Gasteiger partial charge in [-0.25, -0.2) is 4.98 Å². The van der Waals surface area contributed by atoms with E-state index in [1.165, 1.54) is 0 Å². The van der Waals surface area contributed by atoms with Crippen LogP contribution < -0.4 is 5.73 Å². The summed E-state index contributed by atoms with van der Waals surface area (Å²) in [7, 11) is 0. The molecule has 2 aromatic heterocycles. The Bertz CT molecular complexity index is 896. The SMILES string of the molecule is Nc1nnc2cc(-c3cc4ccccc4o3)ccc2n1. The first-order valence-corrected chi connectivity index (χ1v) is 6.18. The monoisotopic (exact) mass is 262 g/mol. The highest BCUT2D eigenvalue weighted by Crippen LogP contribution is 2.28. The van der Waals surface area contributed by atoms with Crippen molar-refractivity contribution in [3.8, 4) is 11.3 Å². The normalized spacial score (nSPS) is 11.2. The van der Waals surface area contributed by atoms with Crippen molar-refractivity contribution in [2.24, 2.45) is 0 Å². The Balaban J connectivity index is 1.90. The van der Waals surface area contributed by atoms with Crippen molar-refractivity contribution in [2.45, 2.75) is 0 Å². The van der Waals surface area contributed by atoms with Gasteiger partial charge in [-0.05, 0) is 30.3 Å². The van der Waals surface area contributed by atoms with Gasteiger partial charge in [-0.1, -0.05) is 18.2 Å². The zero-order valence-corrected chi connectivity index (χ0v) is 10.4. The van der Waals surface area contributed by atoms with Crippen molar-refractivity contribution >= 4 is 28.0 Å². The maximum absolute atomic E-state index is 5.83. The van der Waals surface area contributed by atoms with Crippen molar-refractivity contribution in [1.82, 2.24) is 15.2 Å². The lowest BCUT2D eigenvalue weighted by Gasteiger charge is -1.99. The molecule has 5 nitrogen and oxygen atoms in total. The minimum absolute atomic E-state index is 0.175. The molecule has 2 aromatic carbocycles. The third-order valence-electron chi connectivity index (χ3n) is 3.18.